The van der Waals surface area contributed by atoms with Crippen LogP contribution in [0.1, 0.15) is 18.1 Å². The maximum atomic E-state index is 13.3. The Morgan fingerprint density at radius 2 is 1.77 bits per heavy atom. The third-order valence-corrected chi connectivity index (χ3v) is 3.88. The normalized spacial score (nSPS) is 15.2. The highest BCUT2D eigenvalue weighted by molar-refractivity contribution is 6.31. The molecule has 0 radical (unpaired) electrons. The van der Waals surface area contributed by atoms with Gasteiger partial charge in [0.2, 0.25) is 0 Å². The molecule has 2 rings (SSSR count). The van der Waals surface area contributed by atoms with Crippen molar-refractivity contribution in [3.8, 4) is 6.01 Å². The molecule has 0 aliphatic heterocycles. The average molecular weight is 453 g/mol. The number of aliphatic hydroxyl groups is 1. The van der Waals surface area contributed by atoms with E-state index in [4.69, 9.17) is 10.6 Å². The first kappa shape index (κ1) is 24.0. The molecule has 168 valence electrons. The van der Waals surface area contributed by atoms with E-state index < -0.39 is 47.5 Å². The lowest BCUT2D eigenvalue weighted by Gasteiger charge is -2.25. The van der Waals surface area contributed by atoms with Crippen molar-refractivity contribution in [3.05, 3.63) is 47.5 Å². The van der Waals surface area contributed by atoms with E-state index in [1.165, 1.54) is 0 Å². The van der Waals surface area contributed by atoms with Crippen LogP contribution in [0.5, 0.6) is 6.01 Å². The summed E-state index contributed by atoms with van der Waals surface area (Å²) in [5.74, 6) is 3.67. The number of benzene rings is 1. The molecule has 1 unspecified atom stereocenters. The topological polar surface area (TPSA) is 106 Å². The molecule has 3 N–H and O–H groups in total. The summed E-state index contributed by atoms with van der Waals surface area (Å²) in [6.45, 7) is 0.0872. The van der Waals surface area contributed by atoms with Crippen LogP contribution in [0.15, 0.2) is 40.7 Å². The number of aromatic nitrogens is 2. The van der Waals surface area contributed by atoms with Gasteiger partial charge in [-0.2, -0.15) is 31.4 Å². The Kier molecular flexibility index (Phi) is 6.83. The zero-order chi connectivity index (χ0) is 23.4. The fourth-order valence-electron chi connectivity index (χ4n) is 2.01. The molecule has 31 heavy (non-hydrogen) atoms. The van der Waals surface area contributed by atoms with Crippen molar-refractivity contribution in [1.29, 1.82) is 0 Å². The van der Waals surface area contributed by atoms with Crippen molar-refractivity contribution in [1.82, 2.24) is 9.97 Å². The van der Waals surface area contributed by atoms with E-state index in [0.717, 1.165) is 12.3 Å². The van der Waals surface area contributed by atoms with Gasteiger partial charge in [-0.15, -0.1) is 0 Å². The summed E-state index contributed by atoms with van der Waals surface area (Å²) in [5, 5.41) is 12.8. The maximum absolute atomic E-state index is 13.3. The average Bonchev–Trinajstić information content (AvgIpc) is 2.67. The lowest BCUT2D eigenvalue weighted by molar-refractivity contribution is -0.259. The minimum Gasteiger partial charge on any atom is -0.457 e. The second-order valence-electron chi connectivity index (χ2n) is 6.15. The summed E-state index contributed by atoms with van der Waals surface area (Å²) in [5.41, 5.74) is -5.66. The number of alkyl halides is 6. The third kappa shape index (κ3) is 5.87. The molecule has 14 heteroatoms. The van der Waals surface area contributed by atoms with Crippen molar-refractivity contribution in [2.75, 3.05) is 6.61 Å². The highest BCUT2D eigenvalue weighted by atomic mass is 19.4. The van der Waals surface area contributed by atoms with Gasteiger partial charge in [0.05, 0.1) is 17.5 Å². The zero-order valence-electron chi connectivity index (χ0n) is 15.5. The van der Waals surface area contributed by atoms with Gasteiger partial charge in [-0.1, -0.05) is 0 Å². The van der Waals surface area contributed by atoms with Crippen molar-refractivity contribution >= 4 is 17.6 Å². The smallest absolute Gasteiger partial charge is 0.421 e. The molecular weight excluding hydrogens is 439 g/mol. The molecule has 0 fully saturated rings. The van der Waals surface area contributed by atoms with Gasteiger partial charge in [0.25, 0.3) is 0 Å². The lowest BCUT2D eigenvalue weighted by Crippen LogP contribution is -2.39. The van der Waals surface area contributed by atoms with Gasteiger partial charge < -0.3 is 15.7 Å². The molecule has 0 bridgehead atoms. The molecule has 2 aromatic rings. The number of hydrazone groups is 1. The fraction of sp³-hybridized carbons (Fsp3) is 0.294. The molecule has 0 amide bonds. The van der Waals surface area contributed by atoms with Crippen LogP contribution in [0, 0.1) is 5.82 Å². The summed E-state index contributed by atoms with van der Waals surface area (Å²) >= 11 is 0. The SMILES string of the molecule is CC(O)(c1cnc(OCC(C=Nc2ccc(F)c(C(F)(F)F)c2)=NN)nc1)C(F)(F)F. The highest BCUT2D eigenvalue weighted by Crippen LogP contribution is 2.38. The standard InChI is InChI=1S/C17H14F7N5O2/c1-15(30,17(22,23)24)9-5-27-14(28-6-9)31-8-11(29-25)7-26-10-2-3-13(18)12(4-10)16(19,20)21/h2-7,30H,8,25H2,1H3. The van der Waals surface area contributed by atoms with Gasteiger partial charge >= 0.3 is 18.4 Å². The molecular formula is C17H14F7N5O2. The Labute approximate surface area is 170 Å². The van der Waals surface area contributed by atoms with E-state index in [0.29, 0.717) is 31.5 Å². The number of nitrogens with zero attached hydrogens (tertiary/aromatic N) is 4. The summed E-state index contributed by atoms with van der Waals surface area (Å²) in [4.78, 5) is 10.8. The number of hydrogen-bond donors (Lipinski definition) is 2. The first-order chi connectivity index (χ1) is 14.3. The van der Waals surface area contributed by atoms with Crippen molar-refractivity contribution in [3.63, 3.8) is 0 Å². The fourth-order valence-corrected chi connectivity index (χ4v) is 2.01. The Bertz CT molecular complexity index is 970. The predicted molar refractivity (Wildman–Crippen MR) is 94.3 cm³/mol. The van der Waals surface area contributed by atoms with Gasteiger partial charge in [-0.3, -0.25) is 4.99 Å². The van der Waals surface area contributed by atoms with Crippen LogP contribution in [0.2, 0.25) is 0 Å². The summed E-state index contributed by atoms with van der Waals surface area (Å²) in [6.07, 6.45) is -7.51. The maximum Gasteiger partial charge on any atom is 0.421 e. The van der Waals surface area contributed by atoms with Gasteiger partial charge in [-0.25, -0.2) is 14.4 Å². The van der Waals surface area contributed by atoms with Crippen LogP contribution in [0.3, 0.4) is 0 Å². The van der Waals surface area contributed by atoms with Gasteiger partial charge in [0.15, 0.2) is 5.60 Å². The van der Waals surface area contributed by atoms with E-state index in [-0.39, 0.29) is 11.4 Å². The number of ether oxygens (including phenoxy) is 1. The number of rotatable bonds is 6. The molecule has 0 aliphatic carbocycles. The Morgan fingerprint density at radius 3 is 2.29 bits per heavy atom. The monoisotopic (exact) mass is 453 g/mol. The Balaban J connectivity index is 2.07. The number of nitrogens with two attached hydrogens (primary N) is 1. The summed E-state index contributed by atoms with van der Waals surface area (Å²) in [6, 6.07) is 1.67. The van der Waals surface area contributed by atoms with Crippen molar-refractivity contribution in [2.45, 2.75) is 24.9 Å². The van der Waals surface area contributed by atoms with Crippen LogP contribution < -0.4 is 10.6 Å². The Morgan fingerprint density at radius 1 is 1.16 bits per heavy atom. The van der Waals surface area contributed by atoms with Crippen LogP contribution in [-0.2, 0) is 11.8 Å². The first-order valence-corrected chi connectivity index (χ1v) is 8.17. The van der Waals surface area contributed by atoms with Crippen molar-refractivity contribution in [2.24, 2.45) is 15.9 Å². The molecule has 1 heterocycles. The zero-order valence-corrected chi connectivity index (χ0v) is 15.5. The second kappa shape index (κ2) is 8.83. The van der Waals surface area contributed by atoms with E-state index in [1.807, 2.05) is 0 Å². The number of hydrogen-bond acceptors (Lipinski definition) is 7. The van der Waals surface area contributed by atoms with Crippen LogP contribution in [0.4, 0.5) is 36.4 Å². The molecule has 0 aliphatic rings. The van der Waals surface area contributed by atoms with E-state index in [2.05, 4.69) is 20.1 Å². The number of aliphatic imine (C=N–C) groups is 1. The Hall–Kier alpha value is -3.29. The molecule has 1 aromatic heterocycles. The second-order valence-corrected chi connectivity index (χ2v) is 6.15. The minimum absolute atomic E-state index is 0.104. The first-order valence-electron chi connectivity index (χ1n) is 8.17. The van der Waals surface area contributed by atoms with Gasteiger partial charge in [-0.05, 0) is 25.1 Å². The van der Waals surface area contributed by atoms with Crippen molar-refractivity contribution < 1.29 is 40.6 Å². The molecule has 0 saturated carbocycles. The lowest BCUT2D eigenvalue weighted by atomic mass is 9.99. The summed E-state index contributed by atoms with van der Waals surface area (Å²) in [7, 11) is 0. The molecule has 0 spiro atoms. The molecule has 1 atom stereocenters. The molecule has 0 saturated heterocycles. The van der Waals surface area contributed by atoms with Crippen LogP contribution in [0.25, 0.3) is 0 Å². The molecule has 1 aromatic carbocycles. The summed E-state index contributed by atoms with van der Waals surface area (Å²) < 4.78 is 94.9. The van der Waals surface area contributed by atoms with E-state index in [9.17, 15) is 35.8 Å². The van der Waals surface area contributed by atoms with E-state index in [1.54, 1.807) is 0 Å². The highest BCUT2D eigenvalue weighted by Gasteiger charge is 2.51. The predicted octanol–water partition coefficient (Wildman–Crippen LogP) is 3.50. The van der Waals surface area contributed by atoms with Gasteiger partial charge in [0.1, 0.15) is 18.1 Å². The van der Waals surface area contributed by atoms with Crippen LogP contribution >= 0.6 is 0 Å². The van der Waals surface area contributed by atoms with Crippen LogP contribution in [-0.4, -0.2) is 39.8 Å². The minimum atomic E-state index is -4.96. The third-order valence-electron chi connectivity index (χ3n) is 3.88. The van der Waals surface area contributed by atoms with E-state index >= 15 is 0 Å². The van der Waals surface area contributed by atoms with Gasteiger partial charge in [0, 0.05) is 18.0 Å². The number of halogens is 7. The quantitative estimate of drug-likeness (QED) is 0.302. The molecule has 7 nitrogen and oxygen atoms in total. The largest absolute Gasteiger partial charge is 0.457 e.